The van der Waals surface area contributed by atoms with Crippen LogP contribution in [0, 0.1) is 6.92 Å². The lowest BCUT2D eigenvalue weighted by atomic mass is 10.1. The van der Waals surface area contributed by atoms with Crippen LogP contribution in [0.15, 0.2) is 23.4 Å². The zero-order valence-electron chi connectivity index (χ0n) is 8.28. The average Bonchev–Trinajstić information content (AvgIpc) is 2.26. The van der Waals surface area contributed by atoms with Gasteiger partial charge in [0.2, 0.25) is 0 Å². The van der Waals surface area contributed by atoms with E-state index in [4.69, 9.17) is 5.53 Å². The molecule has 0 bridgehead atoms. The molecule has 0 aliphatic rings. The minimum absolute atomic E-state index is 0.161. The Morgan fingerprint density at radius 2 is 2.27 bits per heavy atom. The van der Waals surface area contributed by atoms with Crippen molar-refractivity contribution >= 4 is 0 Å². The number of aryl methyl sites for hydroxylation is 1. The number of pyridine rings is 1. The lowest BCUT2D eigenvalue weighted by molar-refractivity contribution is 0.0242. The average molecular weight is 208 g/mol. The Kier molecular flexibility index (Phi) is 4.05. The minimum atomic E-state index is -1.11. The highest BCUT2D eigenvalue weighted by atomic mass is 16.3. The summed E-state index contributed by atoms with van der Waals surface area (Å²) in [5.41, 5.74) is 9.39. The predicted molar refractivity (Wildman–Crippen MR) is 54.0 cm³/mol. The van der Waals surface area contributed by atoms with Crippen LogP contribution < -0.4 is 0 Å². The summed E-state index contributed by atoms with van der Waals surface area (Å²) in [6.07, 6.45) is -0.701. The summed E-state index contributed by atoms with van der Waals surface area (Å²) in [6.45, 7) is 1.66. The molecule has 0 fully saturated rings. The summed E-state index contributed by atoms with van der Waals surface area (Å²) in [5.74, 6) is 0. The van der Waals surface area contributed by atoms with E-state index in [2.05, 4.69) is 15.0 Å². The first-order valence-corrected chi connectivity index (χ1v) is 4.44. The Bertz CT molecular complexity index is 359. The van der Waals surface area contributed by atoms with Gasteiger partial charge >= 0.3 is 0 Å². The molecular formula is C9H12N4O2. The Labute approximate surface area is 86.8 Å². The van der Waals surface area contributed by atoms with E-state index in [1.165, 1.54) is 6.20 Å². The molecule has 1 heterocycles. The maximum atomic E-state index is 9.63. The van der Waals surface area contributed by atoms with Gasteiger partial charge < -0.3 is 10.2 Å². The van der Waals surface area contributed by atoms with Crippen molar-refractivity contribution in [2.24, 2.45) is 5.11 Å². The number of aliphatic hydroxyl groups is 2. The third kappa shape index (κ3) is 3.21. The van der Waals surface area contributed by atoms with Gasteiger partial charge in [0.05, 0.1) is 12.6 Å². The standard InChI is InChI=1S/C9H12N4O2/c1-6-2-3-7(4-11-6)9(15)8(14)5-12-13-10/h2-4,8-9,14-15H,5H2,1H3. The van der Waals surface area contributed by atoms with Crippen LogP contribution in [-0.4, -0.2) is 27.8 Å². The van der Waals surface area contributed by atoms with Crippen molar-refractivity contribution in [3.8, 4) is 0 Å². The second-order valence-corrected chi connectivity index (χ2v) is 3.16. The fourth-order valence-electron chi connectivity index (χ4n) is 1.10. The van der Waals surface area contributed by atoms with E-state index in [1.54, 1.807) is 12.1 Å². The SMILES string of the molecule is Cc1ccc(C(O)C(O)CN=[N+]=[N-])cn1. The van der Waals surface area contributed by atoms with E-state index in [0.717, 1.165) is 5.69 Å². The van der Waals surface area contributed by atoms with Crippen LogP contribution >= 0.6 is 0 Å². The van der Waals surface area contributed by atoms with Gasteiger partial charge in [-0.05, 0) is 18.5 Å². The molecule has 0 saturated heterocycles. The van der Waals surface area contributed by atoms with Crippen LogP contribution in [0.25, 0.3) is 10.4 Å². The van der Waals surface area contributed by atoms with Crippen molar-refractivity contribution in [3.05, 3.63) is 40.0 Å². The normalized spacial score (nSPS) is 14.1. The predicted octanol–water partition coefficient (Wildman–Crippen LogP) is 1.09. The molecule has 6 heteroatoms. The first kappa shape index (κ1) is 11.5. The molecule has 2 atom stereocenters. The molecule has 1 aromatic rings. The fraction of sp³-hybridized carbons (Fsp3) is 0.444. The molecule has 0 amide bonds. The number of aliphatic hydroxyl groups excluding tert-OH is 2. The molecule has 2 unspecified atom stereocenters. The third-order valence-electron chi connectivity index (χ3n) is 1.97. The van der Waals surface area contributed by atoms with E-state index in [9.17, 15) is 10.2 Å². The zero-order chi connectivity index (χ0) is 11.3. The van der Waals surface area contributed by atoms with E-state index in [-0.39, 0.29) is 6.54 Å². The van der Waals surface area contributed by atoms with Crippen LogP contribution in [0.3, 0.4) is 0 Å². The zero-order valence-corrected chi connectivity index (χ0v) is 8.28. The van der Waals surface area contributed by atoms with Gasteiger partial charge in [-0.1, -0.05) is 11.2 Å². The molecule has 0 aromatic carbocycles. The summed E-state index contributed by atoms with van der Waals surface area (Å²) in [6, 6.07) is 3.41. The van der Waals surface area contributed by atoms with Gasteiger partial charge in [-0.2, -0.15) is 0 Å². The maximum absolute atomic E-state index is 9.63. The summed E-state index contributed by atoms with van der Waals surface area (Å²) in [5, 5.41) is 22.2. The topological polar surface area (TPSA) is 102 Å². The molecule has 6 nitrogen and oxygen atoms in total. The van der Waals surface area contributed by atoms with E-state index < -0.39 is 12.2 Å². The number of rotatable bonds is 4. The van der Waals surface area contributed by atoms with Crippen LogP contribution in [-0.2, 0) is 0 Å². The summed E-state index contributed by atoms with van der Waals surface area (Å²) in [7, 11) is 0. The number of aromatic nitrogens is 1. The number of hydrogen-bond acceptors (Lipinski definition) is 4. The molecule has 15 heavy (non-hydrogen) atoms. The minimum Gasteiger partial charge on any atom is -0.390 e. The molecule has 1 rings (SSSR count). The van der Waals surface area contributed by atoms with Crippen molar-refractivity contribution in [2.75, 3.05) is 6.54 Å². The van der Waals surface area contributed by atoms with Crippen molar-refractivity contribution in [1.82, 2.24) is 4.98 Å². The van der Waals surface area contributed by atoms with E-state index in [0.29, 0.717) is 5.56 Å². The van der Waals surface area contributed by atoms with E-state index >= 15 is 0 Å². The summed E-state index contributed by atoms with van der Waals surface area (Å²) in [4.78, 5) is 6.49. The lowest BCUT2D eigenvalue weighted by Gasteiger charge is -2.15. The van der Waals surface area contributed by atoms with Crippen molar-refractivity contribution in [2.45, 2.75) is 19.1 Å². The molecule has 0 aliphatic heterocycles. The molecule has 0 aliphatic carbocycles. The molecular weight excluding hydrogens is 196 g/mol. The second kappa shape index (κ2) is 5.31. The molecule has 2 N–H and O–H groups in total. The first-order chi connectivity index (χ1) is 7.15. The summed E-state index contributed by atoms with van der Waals surface area (Å²) < 4.78 is 0. The highest BCUT2D eigenvalue weighted by Crippen LogP contribution is 2.16. The first-order valence-electron chi connectivity index (χ1n) is 4.44. The van der Waals surface area contributed by atoms with Gasteiger partial charge in [0.25, 0.3) is 0 Å². The van der Waals surface area contributed by atoms with Gasteiger partial charge in [-0.25, -0.2) is 0 Å². The van der Waals surface area contributed by atoms with Gasteiger partial charge in [0.1, 0.15) is 6.10 Å². The monoisotopic (exact) mass is 208 g/mol. The Balaban J connectivity index is 2.70. The Morgan fingerprint density at radius 3 is 2.80 bits per heavy atom. The lowest BCUT2D eigenvalue weighted by Crippen LogP contribution is -2.21. The second-order valence-electron chi connectivity index (χ2n) is 3.16. The fourth-order valence-corrected chi connectivity index (χ4v) is 1.10. The highest BCUT2D eigenvalue weighted by Gasteiger charge is 2.17. The van der Waals surface area contributed by atoms with Crippen LogP contribution in [0.5, 0.6) is 0 Å². The van der Waals surface area contributed by atoms with Gasteiger partial charge in [0.15, 0.2) is 0 Å². The van der Waals surface area contributed by atoms with Gasteiger partial charge in [-0.15, -0.1) is 0 Å². The highest BCUT2D eigenvalue weighted by molar-refractivity contribution is 5.16. The molecule has 0 spiro atoms. The molecule has 1 aromatic heterocycles. The number of azide groups is 1. The Morgan fingerprint density at radius 1 is 1.53 bits per heavy atom. The Hall–Kier alpha value is -1.62. The molecule has 0 saturated carbocycles. The van der Waals surface area contributed by atoms with Crippen LogP contribution in [0.1, 0.15) is 17.4 Å². The third-order valence-corrected chi connectivity index (χ3v) is 1.97. The molecule has 80 valence electrons. The smallest absolute Gasteiger partial charge is 0.106 e. The molecule has 0 radical (unpaired) electrons. The number of hydrogen-bond donors (Lipinski definition) is 2. The van der Waals surface area contributed by atoms with E-state index in [1.807, 2.05) is 6.92 Å². The summed E-state index contributed by atoms with van der Waals surface area (Å²) >= 11 is 0. The van der Waals surface area contributed by atoms with Crippen molar-refractivity contribution in [3.63, 3.8) is 0 Å². The maximum Gasteiger partial charge on any atom is 0.106 e. The van der Waals surface area contributed by atoms with Gasteiger partial charge in [-0.3, -0.25) is 4.98 Å². The number of nitrogens with zero attached hydrogens (tertiary/aromatic N) is 4. The quantitative estimate of drug-likeness (QED) is 0.440. The largest absolute Gasteiger partial charge is 0.390 e. The van der Waals surface area contributed by atoms with Crippen molar-refractivity contribution in [1.29, 1.82) is 0 Å². The van der Waals surface area contributed by atoms with Crippen LogP contribution in [0.2, 0.25) is 0 Å². The van der Waals surface area contributed by atoms with Crippen LogP contribution in [0.4, 0.5) is 0 Å². The van der Waals surface area contributed by atoms with Crippen molar-refractivity contribution < 1.29 is 10.2 Å². The van der Waals surface area contributed by atoms with Gasteiger partial charge in [0, 0.05) is 22.4 Å².